The molecular formula is C13H14ClNO2S. The molecule has 3 N–H and O–H groups in total. The molecule has 0 fully saturated rings. The minimum absolute atomic E-state index is 0. The Morgan fingerprint density at radius 3 is 2.72 bits per heavy atom. The van der Waals surface area contributed by atoms with Crippen LogP contribution in [0.5, 0.6) is 11.5 Å². The van der Waals surface area contributed by atoms with E-state index in [2.05, 4.69) is 11.4 Å². The van der Waals surface area contributed by atoms with Gasteiger partial charge in [-0.25, -0.2) is 0 Å². The van der Waals surface area contributed by atoms with Gasteiger partial charge in [0.05, 0.1) is 6.04 Å². The molecule has 1 aromatic heterocycles. The van der Waals surface area contributed by atoms with Gasteiger partial charge in [0, 0.05) is 11.4 Å². The van der Waals surface area contributed by atoms with Crippen LogP contribution in [0.2, 0.25) is 0 Å². The van der Waals surface area contributed by atoms with E-state index in [1.807, 2.05) is 11.4 Å². The molecule has 1 aromatic carbocycles. The summed E-state index contributed by atoms with van der Waals surface area (Å²) < 4.78 is 0. The average molecular weight is 284 g/mol. The van der Waals surface area contributed by atoms with E-state index < -0.39 is 0 Å². The maximum atomic E-state index is 9.62. The molecule has 1 atom stereocenters. The first-order chi connectivity index (χ1) is 8.25. The maximum absolute atomic E-state index is 9.62. The zero-order valence-corrected chi connectivity index (χ0v) is 11.2. The number of hydrogen-bond donors (Lipinski definition) is 3. The summed E-state index contributed by atoms with van der Waals surface area (Å²) >= 11 is 1.70. The van der Waals surface area contributed by atoms with Gasteiger partial charge in [-0.3, -0.25) is 0 Å². The largest absolute Gasteiger partial charge is 0.504 e. The van der Waals surface area contributed by atoms with Gasteiger partial charge >= 0.3 is 0 Å². The quantitative estimate of drug-likeness (QED) is 0.706. The Kier molecular flexibility index (Phi) is 3.80. The third-order valence-electron chi connectivity index (χ3n) is 3.12. The molecule has 96 valence electrons. The third kappa shape index (κ3) is 2.19. The molecule has 0 radical (unpaired) electrons. The number of rotatable bonds is 1. The Labute approximate surface area is 116 Å². The van der Waals surface area contributed by atoms with Gasteiger partial charge in [0.2, 0.25) is 0 Å². The molecule has 0 bridgehead atoms. The van der Waals surface area contributed by atoms with Crippen molar-refractivity contribution in [2.75, 3.05) is 6.54 Å². The minimum Gasteiger partial charge on any atom is -0.504 e. The highest BCUT2D eigenvalue weighted by Crippen LogP contribution is 2.37. The number of benzene rings is 1. The average Bonchev–Trinajstić information content (AvgIpc) is 2.83. The van der Waals surface area contributed by atoms with Gasteiger partial charge in [-0.05, 0) is 41.1 Å². The lowest BCUT2D eigenvalue weighted by molar-refractivity contribution is 0.400. The molecule has 1 unspecified atom stereocenters. The standard InChI is InChI=1S/C13H13NO2S.ClH/c15-10-6-8-3-4-14-13(9(8)7-11(10)16)12-2-1-5-17-12;/h1-2,5-7,13-16H,3-4H2;1H. The fraction of sp³-hybridized carbons (Fsp3) is 0.231. The van der Waals surface area contributed by atoms with Crippen LogP contribution in [0.3, 0.4) is 0 Å². The predicted octanol–water partition coefficient (Wildman–Crippen LogP) is 2.82. The van der Waals surface area contributed by atoms with Gasteiger partial charge in [-0.1, -0.05) is 6.07 Å². The van der Waals surface area contributed by atoms with Gasteiger partial charge in [-0.15, -0.1) is 23.7 Å². The normalized spacial score (nSPS) is 17.9. The Morgan fingerprint density at radius 2 is 2.00 bits per heavy atom. The molecule has 18 heavy (non-hydrogen) atoms. The molecule has 0 aliphatic carbocycles. The summed E-state index contributed by atoms with van der Waals surface area (Å²) in [6, 6.07) is 7.58. The molecular weight excluding hydrogens is 270 g/mol. The molecule has 3 rings (SSSR count). The predicted molar refractivity (Wildman–Crippen MR) is 74.9 cm³/mol. The number of aromatic hydroxyl groups is 2. The summed E-state index contributed by atoms with van der Waals surface area (Å²) in [5, 5.41) is 24.6. The molecule has 2 aromatic rings. The molecule has 0 amide bonds. The molecule has 3 nitrogen and oxygen atoms in total. The summed E-state index contributed by atoms with van der Waals surface area (Å²) in [4.78, 5) is 1.23. The first-order valence-electron chi connectivity index (χ1n) is 5.57. The lowest BCUT2D eigenvalue weighted by Gasteiger charge is -2.26. The van der Waals surface area contributed by atoms with Crippen LogP contribution < -0.4 is 5.32 Å². The van der Waals surface area contributed by atoms with E-state index in [-0.39, 0.29) is 29.9 Å². The van der Waals surface area contributed by atoms with Crippen molar-refractivity contribution in [2.24, 2.45) is 0 Å². The molecule has 0 spiro atoms. The number of phenolic OH excluding ortho intramolecular Hbond substituents is 2. The van der Waals surface area contributed by atoms with E-state index in [0.717, 1.165) is 24.1 Å². The van der Waals surface area contributed by atoms with Crippen molar-refractivity contribution in [3.05, 3.63) is 45.6 Å². The smallest absolute Gasteiger partial charge is 0.157 e. The van der Waals surface area contributed by atoms with Gasteiger partial charge < -0.3 is 15.5 Å². The van der Waals surface area contributed by atoms with Crippen molar-refractivity contribution < 1.29 is 10.2 Å². The molecule has 2 heterocycles. The third-order valence-corrected chi connectivity index (χ3v) is 4.06. The van der Waals surface area contributed by atoms with Crippen LogP contribution in [0.1, 0.15) is 22.0 Å². The number of halogens is 1. The summed E-state index contributed by atoms with van der Waals surface area (Å²) in [5.74, 6) is -0.0791. The zero-order chi connectivity index (χ0) is 11.8. The molecule has 1 aliphatic heterocycles. The van der Waals surface area contributed by atoms with Gasteiger partial charge in [-0.2, -0.15) is 0 Å². The molecule has 5 heteroatoms. The summed E-state index contributed by atoms with van der Waals surface area (Å²) in [5.41, 5.74) is 2.17. The number of nitrogens with one attached hydrogen (secondary N) is 1. The van der Waals surface area contributed by atoms with Crippen LogP contribution in [0.25, 0.3) is 0 Å². The van der Waals surface area contributed by atoms with E-state index in [1.54, 1.807) is 23.5 Å². The number of fused-ring (bicyclic) bond motifs is 1. The van der Waals surface area contributed by atoms with E-state index in [4.69, 9.17) is 0 Å². The lowest BCUT2D eigenvalue weighted by atomic mass is 9.93. The summed E-state index contributed by atoms with van der Waals surface area (Å²) in [6.07, 6.45) is 0.880. The fourth-order valence-corrected chi connectivity index (χ4v) is 3.11. The first kappa shape index (κ1) is 13.2. The van der Waals surface area contributed by atoms with Gasteiger partial charge in [0.1, 0.15) is 0 Å². The van der Waals surface area contributed by atoms with Crippen molar-refractivity contribution in [1.29, 1.82) is 0 Å². The van der Waals surface area contributed by atoms with E-state index in [0.29, 0.717) is 0 Å². The SMILES string of the molecule is Cl.Oc1cc2c(cc1O)C(c1cccs1)NCC2. The van der Waals surface area contributed by atoms with Crippen LogP contribution in [-0.4, -0.2) is 16.8 Å². The van der Waals surface area contributed by atoms with Crippen molar-refractivity contribution in [3.63, 3.8) is 0 Å². The van der Waals surface area contributed by atoms with E-state index >= 15 is 0 Å². The zero-order valence-electron chi connectivity index (χ0n) is 9.59. The minimum atomic E-state index is -0.0472. The van der Waals surface area contributed by atoms with Gasteiger partial charge in [0.15, 0.2) is 11.5 Å². The van der Waals surface area contributed by atoms with Gasteiger partial charge in [0.25, 0.3) is 0 Å². The fourth-order valence-electron chi connectivity index (χ4n) is 2.29. The number of phenols is 2. The summed E-state index contributed by atoms with van der Waals surface area (Å²) in [7, 11) is 0. The van der Waals surface area contributed by atoms with Crippen molar-refractivity contribution >= 4 is 23.7 Å². The van der Waals surface area contributed by atoms with Crippen molar-refractivity contribution in [3.8, 4) is 11.5 Å². The highest BCUT2D eigenvalue weighted by atomic mass is 35.5. The lowest BCUT2D eigenvalue weighted by Crippen LogP contribution is -2.29. The van der Waals surface area contributed by atoms with Crippen LogP contribution in [0.4, 0.5) is 0 Å². The Hall–Kier alpha value is -1.23. The Balaban J connectivity index is 0.00000120. The van der Waals surface area contributed by atoms with Crippen molar-refractivity contribution in [1.82, 2.24) is 5.32 Å². The highest BCUT2D eigenvalue weighted by Gasteiger charge is 2.23. The molecule has 1 aliphatic rings. The van der Waals surface area contributed by atoms with Crippen LogP contribution in [0.15, 0.2) is 29.6 Å². The van der Waals surface area contributed by atoms with Crippen LogP contribution in [-0.2, 0) is 6.42 Å². The van der Waals surface area contributed by atoms with Crippen molar-refractivity contribution in [2.45, 2.75) is 12.5 Å². The van der Waals surface area contributed by atoms with Crippen LogP contribution in [0, 0.1) is 0 Å². The summed E-state index contributed by atoms with van der Waals surface area (Å²) in [6.45, 7) is 0.889. The number of thiophene rings is 1. The first-order valence-corrected chi connectivity index (χ1v) is 6.45. The monoisotopic (exact) mass is 283 g/mol. The Morgan fingerprint density at radius 1 is 1.22 bits per heavy atom. The van der Waals surface area contributed by atoms with E-state index in [9.17, 15) is 10.2 Å². The van der Waals surface area contributed by atoms with Crippen LogP contribution >= 0.6 is 23.7 Å². The number of hydrogen-bond acceptors (Lipinski definition) is 4. The molecule has 0 saturated heterocycles. The highest BCUT2D eigenvalue weighted by molar-refractivity contribution is 7.10. The maximum Gasteiger partial charge on any atom is 0.157 e. The topological polar surface area (TPSA) is 52.5 Å². The second-order valence-electron chi connectivity index (χ2n) is 4.19. The van der Waals surface area contributed by atoms with E-state index in [1.165, 1.54) is 4.88 Å². The second-order valence-corrected chi connectivity index (χ2v) is 5.17. The Bertz CT molecular complexity index is 542. The second kappa shape index (κ2) is 5.18. The molecule has 0 saturated carbocycles.